The first-order valence-corrected chi connectivity index (χ1v) is 11.5. The zero-order valence-corrected chi connectivity index (χ0v) is 19.4. The Morgan fingerprint density at radius 2 is 1.88 bits per heavy atom. The molecule has 2 aliphatic heterocycles. The number of carbonyl (C=O) groups excluding carboxylic acids is 2. The first kappa shape index (κ1) is 22.0. The van der Waals surface area contributed by atoms with Crippen LogP contribution in [0.25, 0.3) is 5.76 Å². The summed E-state index contributed by atoms with van der Waals surface area (Å²) in [6.45, 7) is 6.33. The lowest BCUT2D eigenvalue weighted by Crippen LogP contribution is -2.29. The van der Waals surface area contributed by atoms with Gasteiger partial charge in [0, 0.05) is 12.0 Å². The molecule has 34 heavy (non-hydrogen) atoms. The van der Waals surface area contributed by atoms with Gasteiger partial charge in [0.2, 0.25) is 0 Å². The third-order valence-electron chi connectivity index (χ3n) is 6.53. The van der Waals surface area contributed by atoms with Gasteiger partial charge in [-0.3, -0.25) is 9.59 Å². The summed E-state index contributed by atoms with van der Waals surface area (Å²) in [5.74, 6) is 0.152. The summed E-state index contributed by atoms with van der Waals surface area (Å²) < 4.78 is 11.2. The maximum absolute atomic E-state index is 13.2. The lowest BCUT2D eigenvalue weighted by Gasteiger charge is -2.25. The number of ether oxygens (including phenoxy) is 1. The van der Waals surface area contributed by atoms with Gasteiger partial charge in [0.25, 0.3) is 11.7 Å². The first-order valence-electron chi connectivity index (χ1n) is 11.5. The number of benzene rings is 2. The highest BCUT2D eigenvalue weighted by Gasteiger charge is 2.46. The topological polar surface area (TPSA) is 80.0 Å². The second kappa shape index (κ2) is 8.52. The van der Waals surface area contributed by atoms with Crippen LogP contribution in [0, 0.1) is 0 Å². The summed E-state index contributed by atoms with van der Waals surface area (Å²) >= 11 is 0. The molecule has 2 atom stereocenters. The Kier molecular flexibility index (Phi) is 5.52. The minimum absolute atomic E-state index is 0.0609. The van der Waals surface area contributed by atoms with E-state index in [-0.39, 0.29) is 24.0 Å². The molecule has 0 unspecified atom stereocenters. The number of nitrogens with zero attached hydrogens (tertiary/aromatic N) is 1. The molecule has 0 radical (unpaired) electrons. The highest BCUT2D eigenvalue weighted by Crippen LogP contribution is 2.41. The zero-order valence-electron chi connectivity index (χ0n) is 19.4. The van der Waals surface area contributed by atoms with Crippen LogP contribution in [0.3, 0.4) is 0 Å². The molecule has 1 amide bonds. The van der Waals surface area contributed by atoms with Crippen molar-refractivity contribution in [2.75, 3.05) is 0 Å². The van der Waals surface area contributed by atoms with Crippen molar-refractivity contribution in [3.63, 3.8) is 0 Å². The van der Waals surface area contributed by atoms with Crippen molar-refractivity contribution in [3.8, 4) is 5.75 Å². The largest absolute Gasteiger partial charge is 0.507 e. The van der Waals surface area contributed by atoms with Gasteiger partial charge in [-0.1, -0.05) is 38.1 Å². The number of fused-ring (bicyclic) bond motifs is 1. The van der Waals surface area contributed by atoms with Crippen molar-refractivity contribution >= 4 is 17.4 Å². The van der Waals surface area contributed by atoms with Crippen molar-refractivity contribution in [1.82, 2.24) is 4.90 Å². The molecule has 5 rings (SSSR count). The maximum atomic E-state index is 13.2. The number of rotatable bonds is 5. The smallest absolute Gasteiger partial charge is 0.296 e. The SMILES string of the molecule is CC(C)c1ccc([C@H]2C(=C(O)c3ccc4c(c3)C[C@@H](C)O4)C(=O)C(=O)N2Cc2ccco2)cc1. The van der Waals surface area contributed by atoms with E-state index in [1.54, 1.807) is 24.3 Å². The van der Waals surface area contributed by atoms with E-state index < -0.39 is 17.7 Å². The number of furan rings is 1. The molecule has 1 N–H and O–H groups in total. The Balaban J connectivity index is 1.62. The third kappa shape index (κ3) is 3.79. The van der Waals surface area contributed by atoms with Crippen LogP contribution in [0.1, 0.15) is 60.7 Å². The predicted octanol–water partition coefficient (Wildman–Crippen LogP) is 5.35. The normalized spacial score (nSPS) is 21.2. The Labute approximate surface area is 198 Å². The standard InChI is InChI=1S/C28H27NO5/c1-16(2)18-6-8-19(9-7-18)25-24(27(31)28(32)29(25)15-22-5-4-12-33-22)26(30)20-10-11-23-21(14-20)13-17(3)34-23/h4-12,14,16-17,25,30H,13,15H2,1-3H3/t17-,25+/m1/s1. The Hall–Kier alpha value is -3.80. The van der Waals surface area contributed by atoms with Crippen LogP contribution in [0.4, 0.5) is 0 Å². The molecule has 3 heterocycles. The molecule has 0 saturated carbocycles. The van der Waals surface area contributed by atoms with Crippen molar-refractivity contribution < 1.29 is 23.8 Å². The fraction of sp³-hybridized carbons (Fsp3) is 0.286. The molecule has 1 fully saturated rings. The van der Waals surface area contributed by atoms with Gasteiger partial charge >= 0.3 is 0 Å². The quantitative estimate of drug-likeness (QED) is 0.317. The predicted molar refractivity (Wildman–Crippen MR) is 127 cm³/mol. The zero-order chi connectivity index (χ0) is 24.0. The van der Waals surface area contributed by atoms with Crippen molar-refractivity contribution in [2.24, 2.45) is 0 Å². The fourth-order valence-electron chi connectivity index (χ4n) is 4.75. The summed E-state index contributed by atoms with van der Waals surface area (Å²) in [6.07, 6.45) is 2.32. The number of aliphatic hydroxyl groups excluding tert-OH is 1. The van der Waals surface area contributed by atoms with E-state index in [0.717, 1.165) is 28.9 Å². The van der Waals surface area contributed by atoms with Gasteiger partial charge in [0.05, 0.1) is 24.4 Å². The lowest BCUT2D eigenvalue weighted by molar-refractivity contribution is -0.140. The van der Waals surface area contributed by atoms with Gasteiger partial charge in [0.1, 0.15) is 23.4 Å². The van der Waals surface area contributed by atoms with E-state index in [0.29, 0.717) is 17.2 Å². The molecule has 3 aromatic rings. The Morgan fingerprint density at radius 3 is 2.56 bits per heavy atom. The highest BCUT2D eigenvalue weighted by molar-refractivity contribution is 6.46. The number of ketones is 1. The van der Waals surface area contributed by atoms with Gasteiger partial charge in [-0.05, 0) is 59.9 Å². The van der Waals surface area contributed by atoms with Gasteiger partial charge < -0.3 is 19.2 Å². The summed E-state index contributed by atoms with van der Waals surface area (Å²) in [7, 11) is 0. The summed E-state index contributed by atoms with van der Waals surface area (Å²) in [4.78, 5) is 27.8. The highest BCUT2D eigenvalue weighted by atomic mass is 16.5. The number of amides is 1. The van der Waals surface area contributed by atoms with E-state index in [4.69, 9.17) is 9.15 Å². The Morgan fingerprint density at radius 1 is 1.12 bits per heavy atom. The number of hydrogen-bond acceptors (Lipinski definition) is 5. The van der Waals surface area contributed by atoms with Gasteiger partial charge in [0.15, 0.2) is 0 Å². The van der Waals surface area contributed by atoms with Gasteiger partial charge in [-0.2, -0.15) is 0 Å². The maximum Gasteiger partial charge on any atom is 0.296 e. The molecule has 0 bridgehead atoms. The van der Waals surface area contributed by atoms with Crippen LogP contribution in [0.2, 0.25) is 0 Å². The number of aliphatic hydroxyl groups is 1. The van der Waals surface area contributed by atoms with Crippen LogP contribution in [0.5, 0.6) is 5.75 Å². The second-order valence-corrected chi connectivity index (χ2v) is 9.28. The number of carbonyl (C=O) groups is 2. The molecule has 2 aliphatic rings. The van der Waals surface area contributed by atoms with Crippen LogP contribution in [-0.2, 0) is 22.6 Å². The lowest BCUT2D eigenvalue weighted by atomic mass is 9.92. The van der Waals surface area contributed by atoms with E-state index in [2.05, 4.69) is 13.8 Å². The molecule has 6 nitrogen and oxygen atoms in total. The van der Waals surface area contributed by atoms with Gasteiger partial charge in [-0.25, -0.2) is 0 Å². The Bertz CT molecular complexity index is 1270. The number of likely N-dealkylation sites (tertiary alicyclic amines) is 1. The molecule has 1 saturated heterocycles. The molecule has 1 aromatic heterocycles. The van der Waals surface area contributed by atoms with Crippen LogP contribution in [0.15, 0.2) is 70.9 Å². The number of hydrogen-bond donors (Lipinski definition) is 1. The average molecular weight is 458 g/mol. The summed E-state index contributed by atoms with van der Waals surface area (Å²) in [5, 5.41) is 11.3. The molecule has 0 spiro atoms. The second-order valence-electron chi connectivity index (χ2n) is 9.28. The average Bonchev–Trinajstić information content (AvgIpc) is 3.53. The van der Waals surface area contributed by atoms with Crippen molar-refractivity contribution in [1.29, 1.82) is 0 Å². The summed E-state index contributed by atoms with van der Waals surface area (Å²) in [5.41, 5.74) is 3.46. The minimum Gasteiger partial charge on any atom is -0.507 e. The van der Waals surface area contributed by atoms with Crippen molar-refractivity contribution in [2.45, 2.75) is 51.8 Å². The third-order valence-corrected chi connectivity index (χ3v) is 6.53. The van der Waals surface area contributed by atoms with Gasteiger partial charge in [-0.15, -0.1) is 0 Å². The molecule has 0 aliphatic carbocycles. The molecule has 6 heteroatoms. The first-order chi connectivity index (χ1) is 16.3. The summed E-state index contributed by atoms with van der Waals surface area (Å²) in [6, 6.07) is 16.0. The van der Waals surface area contributed by atoms with Crippen LogP contribution < -0.4 is 4.74 Å². The van der Waals surface area contributed by atoms with E-state index >= 15 is 0 Å². The minimum atomic E-state index is -0.727. The molecular formula is C28H27NO5. The fourth-order valence-corrected chi connectivity index (χ4v) is 4.75. The van der Waals surface area contributed by atoms with Crippen molar-refractivity contribution in [3.05, 3.63) is 94.4 Å². The molecular weight excluding hydrogens is 430 g/mol. The van der Waals surface area contributed by atoms with E-state index in [9.17, 15) is 14.7 Å². The van der Waals surface area contributed by atoms with E-state index in [1.165, 1.54) is 11.2 Å². The van der Waals surface area contributed by atoms with E-state index in [1.807, 2.05) is 37.3 Å². The number of Topliss-reactive ketones (excluding diaryl/α,β-unsaturated/α-hetero) is 1. The van der Waals surface area contributed by atoms with Crippen LogP contribution >= 0.6 is 0 Å². The van der Waals surface area contributed by atoms with Crippen LogP contribution in [-0.4, -0.2) is 27.8 Å². The molecule has 174 valence electrons. The molecule has 2 aromatic carbocycles. The monoisotopic (exact) mass is 457 g/mol.